The van der Waals surface area contributed by atoms with E-state index in [1.54, 1.807) is 0 Å². The molecule has 0 saturated carbocycles. The van der Waals surface area contributed by atoms with E-state index in [1.807, 2.05) is 0 Å². The van der Waals surface area contributed by atoms with Crippen LogP contribution in [0.25, 0.3) is 0 Å². The first-order chi connectivity index (χ1) is 44.9. The van der Waals surface area contributed by atoms with Gasteiger partial charge in [0.25, 0.3) is 0 Å². The fraction of sp³-hybridized carbons (Fsp3) is 0.946. The summed E-state index contributed by atoms with van der Waals surface area (Å²) in [6, 6.07) is 0. The van der Waals surface area contributed by atoms with Gasteiger partial charge in [-0.1, -0.05) is 330 Å². The van der Waals surface area contributed by atoms with Crippen molar-refractivity contribution in [3.05, 3.63) is 0 Å². The third-order valence-electron chi connectivity index (χ3n) is 17.2. The number of esters is 4. The molecule has 0 aliphatic carbocycles. The number of phosphoric acid groups is 2. The molecule has 0 heterocycles. The minimum Gasteiger partial charge on any atom is -0.462 e. The Balaban J connectivity index is 5.14. The molecular formula is C74H144O17P2. The molecule has 17 nitrogen and oxygen atoms in total. The first-order valence-electron chi connectivity index (χ1n) is 38.5. The maximum Gasteiger partial charge on any atom is 0.472 e. The van der Waals surface area contributed by atoms with Crippen LogP contribution in [0.4, 0.5) is 0 Å². The van der Waals surface area contributed by atoms with E-state index in [9.17, 15) is 43.2 Å². The Labute approximate surface area is 568 Å². The van der Waals surface area contributed by atoms with Crippen molar-refractivity contribution >= 4 is 39.5 Å². The lowest BCUT2D eigenvalue weighted by atomic mass is 10.0. The fourth-order valence-electron chi connectivity index (χ4n) is 11.3. The zero-order valence-electron chi connectivity index (χ0n) is 60.6. The van der Waals surface area contributed by atoms with Crippen LogP contribution in [-0.2, 0) is 65.4 Å². The highest BCUT2D eigenvalue weighted by molar-refractivity contribution is 7.47. The molecule has 0 aromatic rings. The van der Waals surface area contributed by atoms with Gasteiger partial charge >= 0.3 is 39.5 Å². The zero-order valence-corrected chi connectivity index (χ0v) is 62.3. The topological polar surface area (TPSA) is 237 Å². The van der Waals surface area contributed by atoms with Gasteiger partial charge in [0.2, 0.25) is 0 Å². The summed E-state index contributed by atoms with van der Waals surface area (Å²) in [5.74, 6) is -0.513. The summed E-state index contributed by atoms with van der Waals surface area (Å²) in [5.41, 5.74) is 0. The van der Waals surface area contributed by atoms with E-state index in [-0.39, 0.29) is 25.7 Å². The second-order valence-corrected chi connectivity index (χ2v) is 30.5. The average Bonchev–Trinajstić information content (AvgIpc) is 1.78. The van der Waals surface area contributed by atoms with Crippen LogP contribution in [-0.4, -0.2) is 96.7 Å². The van der Waals surface area contributed by atoms with Gasteiger partial charge in [-0.3, -0.25) is 37.3 Å². The first-order valence-corrected chi connectivity index (χ1v) is 41.5. The molecule has 0 bridgehead atoms. The third-order valence-corrected chi connectivity index (χ3v) is 19.1. The fourth-order valence-corrected chi connectivity index (χ4v) is 12.9. The Bertz CT molecular complexity index is 1800. The lowest BCUT2D eigenvalue weighted by Gasteiger charge is -2.21. The van der Waals surface area contributed by atoms with E-state index in [0.717, 1.165) is 115 Å². The monoisotopic (exact) mass is 1370 g/mol. The molecule has 0 aromatic heterocycles. The van der Waals surface area contributed by atoms with E-state index in [2.05, 4.69) is 41.5 Å². The van der Waals surface area contributed by atoms with E-state index >= 15 is 0 Å². The number of hydrogen-bond donors (Lipinski definition) is 3. The lowest BCUT2D eigenvalue weighted by Crippen LogP contribution is -2.30. The number of carbonyl (C=O) groups excluding carboxylic acids is 4. The molecule has 0 amide bonds. The van der Waals surface area contributed by atoms with Crippen molar-refractivity contribution in [2.45, 2.75) is 400 Å². The normalized spacial score (nSPS) is 14.1. The number of carbonyl (C=O) groups is 4. The van der Waals surface area contributed by atoms with Gasteiger partial charge in [0.1, 0.15) is 19.3 Å². The predicted molar refractivity (Wildman–Crippen MR) is 377 cm³/mol. The van der Waals surface area contributed by atoms with Gasteiger partial charge < -0.3 is 33.8 Å². The minimum atomic E-state index is -4.95. The van der Waals surface area contributed by atoms with Crippen LogP contribution in [0.2, 0.25) is 0 Å². The Morgan fingerprint density at radius 1 is 0.290 bits per heavy atom. The van der Waals surface area contributed by atoms with Gasteiger partial charge in [-0.15, -0.1) is 0 Å². The number of rotatable bonds is 73. The van der Waals surface area contributed by atoms with Crippen molar-refractivity contribution in [1.82, 2.24) is 0 Å². The van der Waals surface area contributed by atoms with Gasteiger partial charge in [-0.05, 0) is 37.5 Å². The van der Waals surface area contributed by atoms with Gasteiger partial charge in [0.15, 0.2) is 12.2 Å². The molecule has 0 radical (unpaired) electrons. The van der Waals surface area contributed by atoms with Gasteiger partial charge in [0, 0.05) is 25.7 Å². The smallest absolute Gasteiger partial charge is 0.462 e. The van der Waals surface area contributed by atoms with Crippen LogP contribution in [0.1, 0.15) is 382 Å². The summed E-state index contributed by atoms with van der Waals surface area (Å²) in [5, 5.41) is 10.6. The number of unbranched alkanes of at least 4 members (excludes halogenated alkanes) is 43. The maximum atomic E-state index is 13.1. The SMILES string of the molecule is CCCCCCCCCCC(=O)OC[C@H](COP(=O)(O)OC[C@H](O)COP(=O)(O)OC[C@@H](COC(=O)CCCCCCCCCCCCCCCC(C)C)OC(=O)CCCCCCCCCCCCCCCCCCCCC(C)C)OC(=O)CCCCCCCCCC. The molecule has 19 heteroatoms. The Morgan fingerprint density at radius 3 is 0.731 bits per heavy atom. The number of aliphatic hydroxyl groups excluding tert-OH is 1. The lowest BCUT2D eigenvalue weighted by molar-refractivity contribution is -0.161. The van der Waals surface area contributed by atoms with Gasteiger partial charge in [-0.25, -0.2) is 9.13 Å². The molecule has 0 saturated heterocycles. The van der Waals surface area contributed by atoms with Crippen LogP contribution in [0.5, 0.6) is 0 Å². The Hall–Kier alpha value is -1.94. The Morgan fingerprint density at radius 2 is 0.495 bits per heavy atom. The highest BCUT2D eigenvalue weighted by Crippen LogP contribution is 2.45. The van der Waals surface area contributed by atoms with Crippen LogP contribution in [0.3, 0.4) is 0 Å². The number of phosphoric ester groups is 2. The second kappa shape index (κ2) is 66.0. The van der Waals surface area contributed by atoms with Crippen molar-refractivity contribution in [2.24, 2.45) is 11.8 Å². The van der Waals surface area contributed by atoms with Crippen molar-refractivity contribution in [2.75, 3.05) is 39.6 Å². The summed E-state index contributed by atoms with van der Waals surface area (Å²) in [4.78, 5) is 72.5. The quantitative estimate of drug-likeness (QED) is 0.0222. The molecule has 0 fully saturated rings. The average molecular weight is 1370 g/mol. The molecule has 3 N–H and O–H groups in total. The molecule has 0 aliphatic rings. The highest BCUT2D eigenvalue weighted by atomic mass is 31.2. The third kappa shape index (κ3) is 68.4. The van der Waals surface area contributed by atoms with Crippen LogP contribution in [0, 0.1) is 11.8 Å². The summed E-state index contributed by atoms with van der Waals surface area (Å²) in [7, 11) is -9.90. The van der Waals surface area contributed by atoms with Crippen LogP contribution < -0.4 is 0 Å². The van der Waals surface area contributed by atoms with Crippen LogP contribution >= 0.6 is 15.6 Å². The molecule has 2 unspecified atom stereocenters. The van der Waals surface area contributed by atoms with Crippen molar-refractivity contribution in [1.29, 1.82) is 0 Å². The van der Waals surface area contributed by atoms with Crippen molar-refractivity contribution < 1.29 is 80.2 Å². The maximum absolute atomic E-state index is 13.1. The van der Waals surface area contributed by atoms with Crippen molar-refractivity contribution in [3.63, 3.8) is 0 Å². The number of ether oxygens (including phenoxy) is 4. The predicted octanol–water partition coefficient (Wildman–Crippen LogP) is 21.6. The molecule has 0 spiro atoms. The number of aliphatic hydroxyl groups is 1. The van der Waals surface area contributed by atoms with E-state index in [0.29, 0.717) is 25.7 Å². The molecule has 0 aromatic carbocycles. The molecule has 0 rings (SSSR count). The minimum absolute atomic E-state index is 0.105. The van der Waals surface area contributed by atoms with E-state index in [4.69, 9.17) is 37.0 Å². The zero-order chi connectivity index (χ0) is 68.6. The summed E-state index contributed by atoms with van der Waals surface area (Å²) < 4.78 is 68.2. The second-order valence-electron chi connectivity index (χ2n) is 27.6. The van der Waals surface area contributed by atoms with E-state index in [1.165, 1.54) is 186 Å². The van der Waals surface area contributed by atoms with Gasteiger partial charge in [0.05, 0.1) is 26.4 Å². The Kier molecular flexibility index (Phi) is 64.6. The van der Waals surface area contributed by atoms with E-state index < -0.39 is 97.5 Å². The standard InChI is InChI=1S/C74H144O17P2/c1-7-9-11-13-15-38-44-50-56-71(76)84-62-69(90-73(78)58-52-46-39-16-14-12-10-8-2)64-88-92(80,81)86-60-68(75)61-87-93(82,83)89-65-70(63-85-72(77)57-51-45-40-34-30-27-23-25-29-33-37-43-49-55-67(5)6)91-74(79)59-53-47-41-35-31-26-22-20-18-17-19-21-24-28-32-36-42-48-54-66(3)4/h66-70,75H,7-65H2,1-6H3,(H,80,81)(H,82,83)/t68-,69+,70+/m0/s1. The molecular weight excluding hydrogens is 1220 g/mol. The van der Waals surface area contributed by atoms with Crippen molar-refractivity contribution in [3.8, 4) is 0 Å². The van der Waals surface area contributed by atoms with Crippen LogP contribution in [0.15, 0.2) is 0 Å². The largest absolute Gasteiger partial charge is 0.472 e. The summed E-state index contributed by atoms with van der Waals surface area (Å²) >= 11 is 0. The number of hydrogen-bond acceptors (Lipinski definition) is 15. The molecule has 0 aliphatic heterocycles. The first kappa shape index (κ1) is 91.1. The molecule has 5 atom stereocenters. The van der Waals surface area contributed by atoms with Gasteiger partial charge in [-0.2, -0.15) is 0 Å². The molecule has 93 heavy (non-hydrogen) atoms. The highest BCUT2D eigenvalue weighted by Gasteiger charge is 2.30. The summed E-state index contributed by atoms with van der Waals surface area (Å²) in [6.07, 6.45) is 53.0. The summed E-state index contributed by atoms with van der Waals surface area (Å²) in [6.45, 7) is 9.58. The molecule has 552 valence electrons.